The van der Waals surface area contributed by atoms with Gasteiger partial charge in [0.1, 0.15) is 6.61 Å². The second kappa shape index (κ2) is 5.75. The van der Waals surface area contributed by atoms with Crippen LogP contribution in [-0.2, 0) is 11.3 Å². The summed E-state index contributed by atoms with van der Waals surface area (Å²) in [6.07, 6.45) is 3.19. The second-order valence-corrected chi connectivity index (χ2v) is 4.52. The Morgan fingerprint density at radius 3 is 2.90 bits per heavy atom. The summed E-state index contributed by atoms with van der Waals surface area (Å²) in [6.45, 7) is 2.41. The van der Waals surface area contributed by atoms with Crippen molar-refractivity contribution in [3.8, 4) is 5.75 Å². The molecule has 2 aromatic heterocycles. The van der Waals surface area contributed by atoms with E-state index in [0.717, 1.165) is 16.5 Å². The number of esters is 1. The lowest BCUT2D eigenvalue weighted by molar-refractivity contribution is 0.0515. The molecule has 0 amide bonds. The number of hydrogen-bond acceptors (Lipinski definition) is 4. The highest BCUT2D eigenvalue weighted by Gasteiger charge is 2.20. The average Bonchev–Trinajstić information content (AvgIpc) is 3.12. The van der Waals surface area contributed by atoms with Gasteiger partial charge in [0.25, 0.3) is 0 Å². The normalized spacial score (nSPS) is 10.7. The molecule has 108 valence electrons. The second-order valence-electron chi connectivity index (χ2n) is 4.52. The Kier molecular flexibility index (Phi) is 3.64. The van der Waals surface area contributed by atoms with Crippen LogP contribution in [0, 0.1) is 0 Å². The van der Waals surface area contributed by atoms with Crippen molar-refractivity contribution in [2.75, 3.05) is 6.61 Å². The summed E-state index contributed by atoms with van der Waals surface area (Å²) in [5.74, 6) is 0.0844. The minimum atomic E-state index is -0.420. The number of furan rings is 1. The van der Waals surface area contributed by atoms with E-state index < -0.39 is 5.97 Å². The van der Waals surface area contributed by atoms with E-state index in [0.29, 0.717) is 24.7 Å². The molecule has 2 heterocycles. The number of rotatable bonds is 5. The minimum absolute atomic E-state index is 0.315. The molecule has 0 fully saturated rings. The van der Waals surface area contributed by atoms with Crippen molar-refractivity contribution in [2.45, 2.75) is 13.5 Å². The zero-order valence-electron chi connectivity index (χ0n) is 11.6. The molecule has 0 atom stereocenters. The monoisotopic (exact) mass is 285 g/mol. The molecule has 0 aliphatic rings. The van der Waals surface area contributed by atoms with Crippen LogP contribution in [0.2, 0.25) is 0 Å². The first-order chi connectivity index (χ1) is 10.3. The number of aromatic nitrogens is 1. The molecule has 1 N–H and O–H groups in total. The third kappa shape index (κ3) is 2.63. The third-order valence-corrected chi connectivity index (χ3v) is 3.10. The van der Waals surface area contributed by atoms with Gasteiger partial charge in [0.15, 0.2) is 11.4 Å². The van der Waals surface area contributed by atoms with Crippen molar-refractivity contribution in [2.24, 2.45) is 0 Å². The molecule has 0 saturated heterocycles. The van der Waals surface area contributed by atoms with Gasteiger partial charge in [0.05, 0.1) is 19.1 Å². The van der Waals surface area contributed by atoms with Crippen molar-refractivity contribution < 1.29 is 18.7 Å². The van der Waals surface area contributed by atoms with Crippen LogP contribution in [0.1, 0.15) is 23.0 Å². The lowest BCUT2D eigenvalue weighted by atomic mass is 10.2. The summed E-state index contributed by atoms with van der Waals surface area (Å²) < 4.78 is 15.9. The number of carbonyl (C=O) groups is 1. The van der Waals surface area contributed by atoms with Crippen molar-refractivity contribution in [1.82, 2.24) is 4.98 Å². The first-order valence-corrected chi connectivity index (χ1v) is 6.71. The van der Waals surface area contributed by atoms with Crippen LogP contribution >= 0.6 is 0 Å². The molecule has 0 unspecified atom stereocenters. The summed E-state index contributed by atoms with van der Waals surface area (Å²) in [5, 5.41) is 0.851. The van der Waals surface area contributed by atoms with Gasteiger partial charge < -0.3 is 18.9 Å². The van der Waals surface area contributed by atoms with E-state index >= 15 is 0 Å². The van der Waals surface area contributed by atoms with E-state index in [9.17, 15) is 4.79 Å². The molecule has 3 aromatic rings. The Morgan fingerprint density at radius 2 is 2.14 bits per heavy atom. The lowest BCUT2D eigenvalue weighted by Gasteiger charge is -2.06. The number of H-pyrrole nitrogens is 1. The van der Waals surface area contributed by atoms with E-state index in [1.165, 1.54) is 0 Å². The summed E-state index contributed by atoms with van der Waals surface area (Å²) in [7, 11) is 0. The van der Waals surface area contributed by atoms with Crippen molar-refractivity contribution in [3.05, 3.63) is 54.1 Å². The van der Waals surface area contributed by atoms with Gasteiger partial charge in [0.2, 0.25) is 0 Å². The predicted molar refractivity (Wildman–Crippen MR) is 77.3 cm³/mol. The average molecular weight is 285 g/mol. The van der Waals surface area contributed by atoms with Gasteiger partial charge in [0, 0.05) is 16.5 Å². The predicted octanol–water partition coefficient (Wildman–Crippen LogP) is 3.52. The SMILES string of the molecule is CCOC(=O)c1[nH]c2ccccc2c1OCc1ccoc1. The first kappa shape index (κ1) is 13.3. The summed E-state index contributed by atoms with van der Waals surface area (Å²) in [5.41, 5.74) is 2.07. The Balaban J connectivity index is 1.96. The molecule has 0 bridgehead atoms. The van der Waals surface area contributed by atoms with Gasteiger partial charge >= 0.3 is 5.97 Å². The Hall–Kier alpha value is -2.69. The quantitative estimate of drug-likeness (QED) is 0.728. The highest BCUT2D eigenvalue weighted by atomic mass is 16.5. The maximum atomic E-state index is 12.0. The van der Waals surface area contributed by atoms with E-state index in [1.807, 2.05) is 30.3 Å². The molecule has 0 radical (unpaired) electrons. The van der Waals surface area contributed by atoms with Gasteiger partial charge in [-0.1, -0.05) is 12.1 Å². The van der Waals surface area contributed by atoms with Crippen LogP contribution in [0.3, 0.4) is 0 Å². The number of fused-ring (bicyclic) bond motifs is 1. The molecule has 0 saturated carbocycles. The number of hydrogen-bond donors (Lipinski definition) is 1. The van der Waals surface area contributed by atoms with Gasteiger partial charge in [-0.15, -0.1) is 0 Å². The minimum Gasteiger partial charge on any atom is -0.486 e. The number of carbonyl (C=O) groups excluding carboxylic acids is 1. The fraction of sp³-hybridized carbons (Fsp3) is 0.188. The molecule has 5 heteroatoms. The van der Waals surface area contributed by atoms with Crippen LogP contribution in [0.5, 0.6) is 5.75 Å². The molecule has 0 aliphatic heterocycles. The Bertz CT molecular complexity index is 743. The van der Waals surface area contributed by atoms with E-state index in [4.69, 9.17) is 13.9 Å². The van der Waals surface area contributed by atoms with Crippen molar-refractivity contribution >= 4 is 16.9 Å². The molecule has 0 spiro atoms. The number of nitrogens with one attached hydrogen (secondary N) is 1. The van der Waals surface area contributed by atoms with Crippen LogP contribution in [0.25, 0.3) is 10.9 Å². The van der Waals surface area contributed by atoms with Gasteiger partial charge in [-0.05, 0) is 25.1 Å². The maximum absolute atomic E-state index is 12.0. The van der Waals surface area contributed by atoms with Crippen molar-refractivity contribution in [1.29, 1.82) is 0 Å². The highest BCUT2D eigenvalue weighted by molar-refractivity contribution is 6.00. The third-order valence-electron chi connectivity index (χ3n) is 3.10. The topological polar surface area (TPSA) is 64.5 Å². The van der Waals surface area contributed by atoms with E-state index in [2.05, 4.69) is 4.98 Å². The van der Waals surface area contributed by atoms with Gasteiger partial charge in [-0.25, -0.2) is 4.79 Å². The zero-order chi connectivity index (χ0) is 14.7. The zero-order valence-corrected chi connectivity index (χ0v) is 11.6. The molecule has 0 aliphatic carbocycles. The van der Waals surface area contributed by atoms with E-state index in [-0.39, 0.29) is 0 Å². The van der Waals surface area contributed by atoms with Crippen LogP contribution in [-0.4, -0.2) is 17.6 Å². The molecular weight excluding hydrogens is 270 g/mol. The smallest absolute Gasteiger partial charge is 0.358 e. The maximum Gasteiger partial charge on any atom is 0.358 e. The van der Waals surface area contributed by atoms with Crippen molar-refractivity contribution in [3.63, 3.8) is 0 Å². The Morgan fingerprint density at radius 1 is 1.29 bits per heavy atom. The standard InChI is InChI=1S/C16H15NO4/c1-2-20-16(18)14-15(21-10-11-7-8-19-9-11)12-5-3-4-6-13(12)17-14/h3-9,17H,2,10H2,1H3. The Labute approximate surface area is 121 Å². The fourth-order valence-corrected chi connectivity index (χ4v) is 2.14. The molecular formula is C16H15NO4. The number of ether oxygens (including phenoxy) is 2. The summed E-state index contributed by atoms with van der Waals surface area (Å²) >= 11 is 0. The van der Waals surface area contributed by atoms with Crippen LogP contribution in [0.15, 0.2) is 47.3 Å². The van der Waals surface area contributed by atoms with Crippen LogP contribution < -0.4 is 4.74 Å². The number of benzene rings is 1. The molecule has 21 heavy (non-hydrogen) atoms. The lowest BCUT2D eigenvalue weighted by Crippen LogP contribution is -2.07. The first-order valence-electron chi connectivity index (χ1n) is 6.71. The van der Waals surface area contributed by atoms with E-state index in [1.54, 1.807) is 19.5 Å². The largest absolute Gasteiger partial charge is 0.486 e. The van der Waals surface area contributed by atoms with Gasteiger partial charge in [-0.3, -0.25) is 0 Å². The fourth-order valence-electron chi connectivity index (χ4n) is 2.14. The number of para-hydroxylation sites is 1. The van der Waals surface area contributed by atoms with Gasteiger partial charge in [-0.2, -0.15) is 0 Å². The van der Waals surface area contributed by atoms with Crippen LogP contribution in [0.4, 0.5) is 0 Å². The highest BCUT2D eigenvalue weighted by Crippen LogP contribution is 2.31. The summed E-state index contributed by atoms with van der Waals surface area (Å²) in [4.78, 5) is 15.1. The molecule has 1 aromatic carbocycles. The number of aromatic amines is 1. The molecule has 3 rings (SSSR count). The summed E-state index contributed by atoms with van der Waals surface area (Å²) in [6, 6.07) is 9.41. The molecule has 5 nitrogen and oxygen atoms in total.